The number of halogens is 1. The summed E-state index contributed by atoms with van der Waals surface area (Å²) < 4.78 is 0. The van der Waals surface area contributed by atoms with Crippen LogP contribution in [0.5, 0.6) is 0 Å². The molecule has 0 spiro atoms. The Morgan fingerprint density at radius 1 is 1.00 bits per heavy atom. The highest BCUT2D eigenvalue weighted by atomic mass is 35.5. The molecule has 1 aliphatic heterocycles. The van der Waals surface area contributed by atoms with Crippen molar-refractivity contribution in [3.8, 4) is 0 Å². The molecule has 5 heteroatoms. The maximum absolute atomic E-state index is 13.2. The van der Waals surface area contributed by atoms with Crippen LogP contribution in [-0.4, -0.2) is 47.8 Å². The lowest BCUT2D eigenvalue weighted by Crippen LogP contribution is -2.57. The zero-order valence-electron chi connectivity index (χ0n) is 14.4. The first-order valence-corrected chi connectivity index (χ1v) is 9.16. The lowest BCUT2D eigenvalue weighted by Gasteiger charge is -2.46. The molecule has 0 atom stereocenters. The number of amides is 2. The van der Waals surface area contributed by atoms with Crippen LogP contribution >= 0.6 is 11.6 Å². The summed E-state index contributed by atoms with van der Waals surface area (Å²) >= 11 is 5.99. The van der Waals surface area contributed by atoms with Gasteiger partial charge in [0.05, 0.1) is 5.41 Å². The van der Waals surface area contributed by atoms with Crippen molar-refractivity contribution in [2.24, 2.45) is 5.92 Å². The Kier molecular flexibility index (Phi) is 4.86. The van der Waals surface area contributed by atoms with Gasteiger partial charge in [0.15, 0.2) is 0 Å². The maximum Gasteiger partial charge on any atom is 0.233 e. The summed E-state index contributed by atoms with van der Waals surface area (Å²) in [6.45, 7) is 6.38. The molecule has 1 saturated heterocycles. The second-order valence-electron chi connectivity index (χ2n) is 7.21. The number of rotatable bonds is 3. The van der Waals surface area contributed by atoms with E-state index in [0.717, 1.165) is 24.8 Å². The molecule has 2 fully saturated rings. The smallest absolute Gasteiger partial charge is 0.233 e. The fourth-order valence-corrected chi connectivity index (χ4v) is 3.85. The highest BCUT2D eigenvalue weighted by Crippen LogP contribution is 2.45. The zero-order valence-corrected chi connectivity index (χ0v) is 15.2. The topological polar surface area (TPSA) is 40.6 Å². The van der Waals surface area contributed by atoms with Gasteiger partial charge >= 0.3 is 0 Å². The van der Waals surface area contributed by atoms with Gasteiger partial charge < -0.3 is 9.80 Å². The molecular weight excluding hydrogens is 324 g/mol. The maximum atomic E-state index is 13.2. The molecule has 2 aliphatic rings. The van der Waals surface area contributed by atoms with Crippen molar-refractivity contribution in [3.63, 3.8) is 0 Å². The van der Waals surface area contributed by atoms with Crippen LogP contribution in [0.4, 0.5) is 0 Å². The van der Waals surface area contributed by atoms with Crippen LogP contribution in [0.3, 0.4) is 0 Å². The van der Waals surface area contributed by atoms with E-state index in [0.29, 0.717) is 31.2 Å². The second-order valence-corrected chi connectivity index (χ2v) is 7.65. The fraction of sp³-hybridized carbons (Fsp3) is 0.579. The largest absolute Gasteiger partial charge is 0.339 e. The Morgan fingerprint density at radius 2 is 1.54 bits per heavy atom. The van der Waals surface area contributed by atoms with Gasteiger partial charge in [-0.1, -0.05) is 44.0 Å². The summed E-state index contributed by atoms with van der Waals surface area (Å²) in [6, 6.07) is 7.70. The van der Waals surface area contributed by atoms with E-state index in [1.54, 1.807) is 0 Å². The normalized spacial score (nSPS) is 20.0. The molecule has 1 heterocycles. The number of piperazine rings is 1. The monoisotopic (exact) mass is 348 g/mol. The molecule has 0 aromatic heterocycles. The highest BCUT2D eigenvalue weighted by molar-refractivity contribution is 6.30. The van der Waals surface area contributed by atoms with E-state index >= 15 is 0 Å². The summed E-state index contributed by atoms with van der Waals surface area (Å²) in [5.74, 6) is 0.408. The molecule has 0 N–H and O–H groups in total. The molecule has 4 nitrogen and oxygen atoms in total. The first-order valence-electron chi connectivity index (χ1n) is 8.78. The lowest BCUT2D eigenvalue weighted by molar-refractivity contribution is -0.147. The van der Waals surface area contributed by atoms with Crippen LogP contribution in [0.15, 0.2) is 24.3 Å². The number of benzene rings is 1. The van der Waals surface area contributed by atoms with Gasteiger partial charge in [-0.05, 0) is 30.5 Å². The molecule has 1 aromatic carbocycles. The average Bonchev–Trinajstić information content (AvgIpc) is 2.55. The van der Waals surface area contributed by atoms with Crippen molar-refractivity contribution in [1.29, 1.82) is 0 Å². The van der Waals surface area contributed by atoms with E-state index in [1.165, 1.54) is 0 Å². The minimum Gasteiger partial charge on any atom is -0.339 e. The van der Waals surface area contributed by atoms with E-state index in [9.17, 15) is 9.59 Å². The van der Waals surface area contributed by atoms with Crippen molar-refractivity contribution in [1.82, 2.24) is 9.80 Å². The van der Waals surface area contributed by atoms with E-state index < -0.39 is 0 Å². The summed E-state index contributed by atoms with van der Waals surface area (Å²) in [7, 11) is 0. The standard InChI is InChI=1S/C19H25ClN2O2/c1-14(2)17(23)21-10-12-22(13-11-21)18(24)19(8-3-9-19)15-4-6-16(20)7-5-15/h4-7,14H,3,8-13H2,1-2H3. The summed E-state index contributed by atoms with van der Waals surface area (Å²) in [6.07, 6.45) is 2.89. The van der Waals surface area contributed by atoms with E-state index in [-0.39, 0.29) is 23.1 Å². The summed E-state index contributed by atoms with van der Waals surface area (Å²) in [5.41, 5.74) is 0.693. The van der Waals surface area contributed by atoms with Crippen LogP contribution in [0.1, 0.15) is 38.7 Å². The lowest BCUT2D eigenvalue weighted by atomic mass is 9.63. The molecule has 24 heavy (non-hydrogen) atoms. The van der Waals surface area contributed by atoms with Crippen molar-refractivity contribution in [3.05, 3.63) is 34.9 Å². The molecule has 1 aromatic rings. The van der Waals surface area contributed by atoms with E-state index in [2.05, 4.69) is 0 Å². The van der Waals surface area contributed by atoms with Gasteiger partial charge in [0, 0.05) is 37.1 Å². The van der Waals surface area contributed by atoms with Crippen LogP contribution in [0, 0.1) is 5.92 Å². The zero-order chi connectivity index (χ0) is 17.3. The van der Waals surface area contributed by atoms with Crippen molar-refractivity contribution >= 4 is 23.4 Å². The first kappa shape index (κ1) is 17.3. The second kappa shape index (κ2) is 6.75. The minimum atomic E-state index is -0.380. The molecule has 1 saturated carbocycles. The van der Waals surface area contributed by atoms with Gasteiger partial charge in [0.1, 0.15) is 0 Å². The average molecular weight is 349 g/mol. The summed E-state index contributed by atoms with van der Waals surface area (Å²) in [4.78, 5) is 29.1. The van der Waals surface area contributed by atoms with E-state index in [1.807, 2.05) is 47.9 Å². The molecule has 3 rings (SSSR count). The van der Waals surface area contributed by atoms with Gasteiger partial charge in [-0.25, -0.2) is 0 Å². The molecular formula is C19H25ClN2O2. The Hall–Kier alpha value is -1.55. The molecule has 1 aliphatic carbocycles. The number of carbonyl (C=O) groups excluding carboxylic acids is 2. The third-order valence-electron chi connectivity index (χ3n) is 5.39. The third-order valence-corrected chi connectivity index (χ3v) is 5.64. The van der Waals surface area contributed by atoms with Crippen LogP contribution in [0.25, 0.3) is 0 Å². The quantitative estimate of drug-likeness (QED) is 0.842. The van der Waals surface area contributed by atoms with Gasteiger partial charge in [0.2, 0.25) is 11.8 Å². The molecule has 2 amide bonds. The number of hydrogen-bond acceptors (Lipinski definition) is 2. The number of carbonyl (C=O) groups is 2. The van der Waals surface area contributed by atoms with Gasteiger partial charge in [-0.3, -0.25) is 9.59 Å². The predicted octanol–water partition coefficient (Wildman–Crippen LogP) is 3.09. The number of hydrogen-bond donors (Lipinski definition) is 0. The Bertz CT molecular complexity index is 615. The molecule has 0 bridgehead atoms. The van der Waals surface area contributed by atoms with Gasteiger partial charge in [0.25, 0.3) is 0 Å². The molecule has 0 radical (unpaired) electrons. The molecule has 130 valence electrons. The van der Waals surface area contributed by atoms with Crippen molar-refractivity contribution in [2.75, 3.05) is 26.2 Å². The molecule has 0 unspecified atom stereocenters. The fourth-order valence-electron chi connectivity index (χ4n) is 3.72. The Labute approximate surface area is 148 Å². The minimum absolute atomic E-state index is 0.0132. The summed E-state index contributed by atoms with van der Waals surface area (Å²) in [5, 5.41) is 0.696. The Morgan fingerprint density at radius 3 is 2.00 bits per heavy atom. The first-order chi connectivity index (χ1) is 11.4. The van der Waals surface area contributed by atoms with Gasteiger partial charge in [-0.15, -0.1) is 0 Å². The Balaban J connectivity index is 1.70. The highest BCUT2D eigenvalue weighted by Gasteiger charge is 2.48. The van der Waals surface area contributed by atoms with Crippen molar-refractivity contribution in [2.45, 2.75) is 38.5 Å². The SMILES string of the molecule is CC(C)C(=O)N1CCN(C(=O)C2(c3ccc(Cl)cc3)CCC2)CC1. The number of nitrogens with zero attached hydrogens (tertiary/aromatic N) is 2. The van der Waals surface area contributed by atoms with Crippen LogP contribution < -0.4 is 0 Å². The van der Waals surface area contributed by atoms with Gasteiger partial charge in [-0.2, -0.15) is 0 Å². The van der Waals surface area contributed by atoms with Crippen LogP contribution in [0.2, 0.25) is 5.02 Å². The van der Waals surface area contributed by atoms with Crippen molar-refractivity contribution < 1.29 is 9.59 Å². The predicted molar refractivity (Wildman–Crippen MR) is 95.0 cm³/mol. The third kappa shape index (κ3) is 3.04. The van der Waals surface area contributed by atoms with Crippen LogP contribution in [-0.2, 0) is 15.0 Å². The van der Waals surface area contributed by atoms with E-state index in [4.69, 9.17) is 11.6 Å².